The normalized spacial score (nSPS) is 22.2. The third-order valence-corrected chi connectivity index (χ3v) is 3.63. The highest BCUT2D eigenvalue weighted by Crippen LogP contribution is 2.31. The Kier molecular flexibility index (Phi) is 5.62. The molecule has 0 heterocycles. The maximum atomic E-state index is 5.68. The fourth-order valence-corrected chi connectivity index (χ4v) is 2.94. The van der Waals surface area contributed by atoms with Crippen molar-refractivity contribution < 1.29 is 4.74 Å². The Hall–Kier alpha value is -0.0800. The van der Waals surface area contributed by atoms with Gasteiger partial charge in [-0.15, -0.1) is 0 Å². The van der Waals surface area contributed by atoms with E-state index in [1.807, 2.05) is 7.11 Å². The number of ether oxygens (including phenoxy) is 1. The summed E-state index contributed by atoms with van der Waals surface area (Å²) < 4.78 is 5.68. The largest absolute Gasteiger partial charge is 0.380 e. The highest BCUT2D eigenvalue weighted by Gasteiger charge is 2.32. The second kappa shape index (κ2) is 6.49. The SMILES string of the molecule is CCNC(C1CCCC1)C(OC)C(C)C. The van der Waals surface area contributed by atoms with E-state index >= 15 is 0 Å². The number of methoxy groups -OCH3 is 1. The molecule has 2 atom stereocenters. The summed E-state index contributed by atoms with van der Waals surface area (Å²) in [6, 6.07) is 0.558. The Balaban J connectivity index is 2.60. The average molecular weight is 213 g/mol. The first-order valence-corrected chi connectivity index (χ1v) is 6.46. The highest BCUT2D eigenvalue weighted by molar-refractivity contribution is 4.87. The molecule has 0 aromatic heterocycles. The molecular formula is C13H27NO. The molecule has 90 valence electrons. The summed E-state index contributed by atoms with van der Waals surface area (Å²) in [6.07, 6.45) is 5.93. The molecule has 1 aliphatic carbocycles. The molecule has 1 saturated carbocycles. The molecule has 1 fully saturated rings. The molecule has 0 aliphatic heterocycles. The summed E-state index contributed by atoms with van der Waals surface area (Å²) in [5.41, 5.74) is 0. The van der Waals surface area contributed by atoms with Gasteiger partial charge in [-0.05, 0) is 31.2 Å². The van der Waals surface area contributed by atoms with E-state index in [1.165, 1.54) is 25.7 Å². The molecule has 0 bridgehead atoms. The lowest BCUT2D eigenvalue weighted by Gasteiger charge is -2.34. The fourth-order valence-electron chi connectivity index (χ4n) is 2.94. The van der Waals surface area contributed by atoms with Gasteiger partial charge in [0, 0.05) is 13.2 Å². The predicted molar refractivity (Wildman–Crippen MR) is 65.1 cm³/mol. The van der Waals surface area contributed by atoms with Crippen molar-refractivity contribution in [3.05, 3.63) is 0 Å². The Morgan fingerprint density at radius 3 is 2.27 bits per heavy atom. The van der Waals surface area contributed by atoms with Gasteiger partial charge < -0.3 is 10.1 Å². The first-order valence-electron chi connectivity index (χ1n) is 6.46. The number of hydrogen-bond acceptors (Lipinski definition) is 2. The van der Waals surface area contributed by atoms with Crippen molar-refractivity contribution >= 4 is 0 Å². The molecule has 15 heavy (non-hydrogen) atoms. The Morgan fingerprint density at radius 1 is 1.27 bits per heavy atom. The van der Waals surface area contributed by atoms with Crippen molar-refractivity contribution in [2.75, 3.05) is 13.7 Å². The minimum atomic E-state index is 0.369. The topological polar surface area (TPSA) is 21.3 Å². The van der Waals surface area contributed by atoms with Crippen LogP contribution in [0.2, 0.25) is 0 Å². The third kappa shape index (κ3) is 3.46. The summed E-state index contributed by atoms with van der Waals surface area (Å²) >= 11 is 0. The summed E-state index contributed by atoms with van der Waals surface area (Å²) in [5, 5.41) is 3.63. The quantitative estimate of drug-likeness (QED) is 0.732. The minimum absolute atomic E-state index is 0.369. The van der Waals surface area contributed by atoms with Crippen molar-refractivity contribution in [3.8, 4) is 0 Å². The molecule has 2 heteroatoms. The van der Waals surface area contributed by atoms with E-state index in [-0.39, 0.29) is 0 Å². The van der Waals surface area contributed by atoms with Gasteiger partial charge in [0.25, 0.3) is 0 Å². The van der Waals surface area contributed by atoms with Crippen LogP contribution in [0.4, 0.5) is 0 Å². The molecule has 0 saturated heterocycles. The van der Waals surface area contributed by atoms with Gasteiger partial charge in [0.05, 0.1) is 6.10 Å². The van der Waals surface area contributed by atoms with Crippen LogP contribution >= 0.6 is 0 Å². The Bertz CT molecular complexity index is 164. The van der Waals surface area contributed by atoms with Crippen LogP contribution in [0.15, 0.2) is 0 Å². The minimum Gasteiger partial charge on any atom is -0.380 e. The van der Waals surface area contributed by atoms with Crippen molar-refractivity contribution in [1.82, 2.24) is 5.32 Å². The van der Waals surface area contributed by atoms with Gasteiger partial charge in [-0.1, -0.05) is 33.6 Å². The van der Waals surface area contributed by atoms with Crippen molar-refractivity contribution in [2.45, 2.75) is 58.6 Å². The number of hydrogen-bond donors (Lipinski definition) is 1. The van der Waals surface area contributed by atoms with Crippen LogP contribution in [-0.4, -0.2) is 25.8 Å². The second-order valence-electron chi connectivity index (χ2n) is 5.07. The highest BCUT2D eigenvalue weighted by atomic mass is 16.5. The van der Waals surface area contributed by atoms with Crippen LogP contribution in [0.3, 0.4) is 0 Å². The van der Waals surface area contributed by atoms with E-state index in [4.69, 9.17) is 4.74 Å². The number of likely N-dealkylation sites (N-methyl/N-ethyl adjacent to an activating group) is 1. The lowest BCUT2D eigenvalue weighted by atomic mass is 9.88. The number of nitrogens with one attached hydrogen (secondary N) is 1. The second-order valence-corrected chi connectivity index (χ2v) is 5.07. The molecule has 0 aromatic rings. The van der Waals surface area contributed by atoms with E-state index in [2.05, 4.69) is 26.1 Å². The Morgan fingerprint density at radius 2 is 1.87 bits per heavy atom. The molecule has 1 aliphatic rings. The first kappa shape index (κ1) is 13.0. The summed E-state index contributed by atoms with van der Waals surface area (Å²) in [5.74, 6) is 1.43. The predicted octanol–water partition coefficient (Wildman–Crippen LogP) is 2.83. The van der Waals surface area contributed by atoms with E-state index in [1.54, 1.807) is 0 Å². The molecule has 2 unspecified atom stereocenters. The van der Waals surface area contributed by atoms with Gasteiger partial charge in [0.1, 0.15) is 0 Å². The average Bonchev–Trinajstić information content (AvgIpc) is 2.69. The molecular weight excluding hydrogens is 186 g/mol. The molecule has 0 amide bonds. The van der Waals surface area contributed by atoms with Crippen molar-refractivity contribution in [3.63, 3.8) is 0 Å². The standard InChI is InChI=1S/C13H27NO/c1-5-14-12(11-8-6-7-9-11)13(15-4)10(2)3/h10-14H,5-9H2,1-4H3. The van der Waals surface area contributed by atoms with Gasteiger partial charge in [-0.3, -0.25) is 0 Å². The van der Waals surface area contributed by atoms with E-state index in [9.17, 15) is 0 Å². The van der Waals surface area contributed by atoms with Crippen molar-refractivity contribution in [2.24, 2.45) is 11.8 Å². The monoisotopic (exact) mass is 213 g/mol. The van der Waals surface area contributed by atoms with Gasteiger partial charge in [-0.2, -0.15) is 0 Å². The molecule has 2 nitrogen and oxygen atoms in total. The van der Waals surface area contributed by atoms with Gasteiger partial charge in [0.15, 0.2) is 0 Å². The van der Waals surface area contributed by atoms with Crippen LogP contribution < -0.4 is 5.32 Å². The van der Waals surface area contributed by atoms with Crippen molar-refractivity contribution in [1.29, 1.82) is 0 Å². The van der Waals surface area contributed by atoms with Crippen LogP contribution in [-0.2, 0) is 4.74 Å². The molecule has 0 aromatic carbocycles. The van der Waals surface area contributed by atoms with E-state index in [0.717, 1.165) is 12.5 Å². The van der Waals surface area contributed by atoms with Gasteiger partial charge in [-0.25, -0.2) is 0 Å². The zero-order valence-corrected chi connectivity index (χ0v) is 10.8. The summed E-state index contributed by atoms with van der Waals surface area (Å²) in [7, 11) is 1.85. The molecule has 1 rings (SSSR count). The lowest BCUT2D eigenvalue weighted by Crippen LogP contribution is -2.48. The Labute approximate surface area is 94.8 Å². The fraction of sp³-hybridized carbons (Fsp3) is 1.00. The maximum Gasteiger partial charge on any atom is 0.0749 e. The maximum absolute atomic E-state index is 5.68. The van der Waals surface area contributed by atoms with E-state index in [0.29, 0.717) is 18.1 Å². The third-order valence-electron chi connectivity index (χ3n) is 3.63. The molecule has 0 spiro atoms. The van der Waals surface area contributed by atoms with Crippen LogP contribution in [0, 0.1) is 11.8 Å². The van der Waals surface area contributed by atoms with Crippen LogP contribution in [0.25, 0.3) is 0 Å². The van der Waals surface area contributed by atoms with Crippen LogP contribution in [0.5, 0.6) is 0 Å². The van der Waals surface area contributed by atoms with Crippen LogP contribution in [0.1, 0.15) is 46.5 Å². The zero-order valence-electron chi connectivity index (χ0n) is 10.8. The smallest absolute Gasteiger partial charge is 0.0749 e. The zero-order chi connectivity index (χ0) is 11.3. The summed E-state index contributed by atoms with van der Waals surface area (Å²) in [4.78, 5) is 0. The molecule has 1 N–H and O–H groups in total. The van der Waals surface area contributed by atoms with E-state index < -0.39 is 0 Å². The van der Waals surface area contributed by atoms with Gasteiger partial charge >= 0.3 is 0 Å². The number of rotatable bonds is 6. The summed E-state index contributed by atoms with van der Waals surface area (Å²) in [6.45, 7) is 7.75. The lowest BCUT2D eigenvalue weighted by molar-refractivity contribution is 0.0159. The molecule has 0 radical (unpaired) electrons. The first-order chi connectivity index (χ1) is 7.20. The van der Waals surface area contributed by atoms with Gasteiger partial charge in [0.2, 0.25) is 0 Å².